The molecule has 0 amide bonds. The number of hydrogen-bond donors (Lipinski definition) is 2. The second-order valence-electron chi connectivity index (χ2n) is 3.93. The van der Waals surface area contributed by atoms with Crippen LogP contribution in [-0.2, 0) is 5.75 Å². The van der Waals surface area contributed by atoms with Gasteiger partial charge in [-0.05, 0) is 35.9 Å². The van der Waals surface area contributed by atoms with Crippen molar-refractivity contribution in [1.82, 2.24) is 0 Å². The van der Waals surface area contributed by atoms with E-state index in [9.17, 15) is 9.90 Å². The van der Waals surface area contributed by atoms with E-state index in [0.717, 1.165) is 14.9 Å². The van der Waals surface area contributed by atoms with Gasteiger partial charge in [-0.25, -0.2) is 4.79 Å². The Kier molecular flexibility index (Phi) is 4.50. The van der Waals surface area contributed by atoms with Gasteiger partial charge < -0.3 is 10.8 Å². The summed E-state index contributed by atoms with van der Waals surface area (Å²) in [7, 11) is 0. The highest BCUT2D eigenvalue weighted by molar-refractivity contribution is 9.10. The van der Waals surface area contributed by atoms with Crippen LogP contribution in [0.4, 0.5) is 5.69 Å². The number of thioether (sulfide) groups is 1. The van der Waals surface area contributed by atoms with E-state index in [1.807, 2.05) is 24.3 Å². The van der Waals surface area contributed by atoms with Crippen LogP contribution in [-0.4, -0.2) is 11.1 Å². The minimum Gasteiger partial charge on any atom is -0.478 e. The van der Waals surface area contributed by atoms with Gasteiger partial charge in [0, 0.05) is 20.8 Å². The van der Waals surface area contributed by atoms with Crippen LogP contribution in [0.2, 0.25) is 0 Å². The molecule has 3 N–H and O–H groups in total. The fourth-order valence-corrected chi connectivity index (χ4v) is 2.85. The molecule has 0 aliphatic rings. The summed E-state index contributed by atoms with van der Waals surface area (Å²) in [4.78, 5) is 12.3. The van der Waals surface area contributed by atoms with Crippen molar-refractivity contribution in [3.05, 3.63) is 58.1 Å². The van der Waals surface area contributed by atoms with Crippen molar-refractivity contribution >= 4 is 39.3 Å². The second-order valence-corrected chi connectivity index (χ2v) is 5.89. The van der Waals surface area contributed by atoms with Crippen molar-refractivity contribution < 1.29 is 9.90 Å². The number of nitrogen functional groups attached to an aromatic ring is 1. The third kappa shape index (κ3) is 3.52. The Bertz CT molecular complexity index is 599. The molecule has 0 atom stereocenters. The van der Waals surface area contributed by atoms with Gasteiger partial charge in [0.05, 0.1) is 5.56 Å². The Morgan fingerprint density at radius 3 is 2.53 bits per heavy atom. The quantitative estimate of drug-likeness (QED) is 0.653. The molecule has 3 nitrogen and oxygen atoms in total. The van der Waals surface area contributed by atoms with Crippen molar-refractivity contribution in [2.75, 3.05) is 5.73 Å². The minimum atomic E-state index is -0.982. The Morgan fingerprint density at radius 2 is 1.89 bits per heavy atom. The van der Waals surface area contributed by atoms with Crippen LogP contribution >= 0.6 is 27.7 Å². The monoisotopic (exact) mass is 337 g/mol. The number of hydrogen-bond acceptors (Lipinski definition) is 3. The van der Waals surface area contributed by atoms with Gasteiger partial charge in [0.2, 0.25) is 0 Å². The first-order valence-electron chi connectivity index (χ1n) is 5.57. The fourth-order valence-electron chi connectivity index (χ4n) is 1.69. The van der Waals surface area contributed by atoms with Gasteiger partial charge in [0.25, 0.3) is 0 Å². The second kappa shape index (κ2) is 6.12. The molecule has 5 heteroatoms. The minimum absolute atomic E-state index is 0.201. The molecule has 0 aliphatic carbocycles. The van der Waals surface area contributed by atoms with Gasteiger partial charge >= 0.3 is 5.97 Å². The molecule has 0 aliphatic heterocycles. The zero-order valence-electron chi connectivity index (χ0n) is 9.97. The molecule has 2 aromatic rings. The van der Waals surface area contributed by atoms with Crippen LogP contribution < -0.4 is 5.73 Å². The predicted octanol–water partition coefficient (Wildman–Crippen LogP) is 4.02. The summed E-state index contributed by atoms with van der Waals surface area (Å²) in [6.07, 6.45) is 0. The molecule has 0 heterocycles. The maximum Gasteiger partial charge on any atom is 0.338 e. The van der Waals surface area contributed by atoms with Crippen LogP contribution in [0.15, 0.2) is 51.8 Å². The molecule has 0 saturated heterocycles. The Hall–Kier alpha value is -1.46. The topological polar surface area (TPSA) is 63.3 Å². The lowest BCUT2D eigenvalue weighted by Gasteiger charge is -2.08. The van der Waals surface area contributed by atoms with Crippen molar-refractivity contribution in [2.24, 2.45) is 0 Å². The zero-order chi connectivity index (χ0) is 13.8. The molecular formula is C14H12BrNO2S. The first-order valence-corrected chi connectivity index (χ1v) is 7.35. The van der Waals surface area contributed by atoms with Crippen molar-refractivity contribution in [3.63, 3.8) is 0 Å². The largest absolute Gasteiger partial charge is 0.478 e. The lowest BCUT2D eigenvalue weighted by Crippen LogP contribution is -2.06. The molecular weight excluding hydrogens is 326 g/mol. The maximum atomic E-state index is 11.2. The zero-order valence-corrected chi connectivity index (χ0v) is 12.4. The van der Waals surface area contributed by atoms with E-state index in [4.69, 9.17) is 5.73 Å². The summed E-state index contributed by atoms with van der Waals surface area (Å²) < 4.78 is 1.02. The third-order valence-corrected chi connectivity index (χ3v) is 4.19. The molecule has 2 rings (SSSR count). The molecule has 0 fully saturated rings. The van der Waals surface area contributed by atoms with Crippen LogP contribution in [0.3, 0.4) is 0 Å². The number of anilines is 1. The van der Waals surface area contributed by atoms with Gasteiger partial charge in [0.1, 0.15) is 0 Å². The van der Waals surface area contributed by atoms with Gasteiger partial charge in [-0.1, -0.05) is 28.1 Å². The van der Waals surface area contributed by atoms with Crippen LogP contribution in [0.25, 0.3) is 0 Å². The molecule has 0 spiro atoms. The third-order valence-electron chi connectivity index (χ3n) is 2.60. The summed E-state index contributed by atoms with van der Waals surface area (Å²) in [5, 5.41) is 9.18. The normalized spacial score (nSPS) is 10.4. The van der Waals surface area contributed by atoms with E-state index in [1.54, 1.807) is 30.0 Å². The molecule has 0 bridgehead atoms. The van der Waals surface area contributed by atoms with E-state index in [-0.39, 0.29) is 5.56 Å². The average Bonchev–Trinajstić information content (AvgIpc) is 2.37. The van der Waals surface area contributed by atoms with Crippen molar-refractivity contribution in [1.29, 1.82) is 0 Å². The highest BCUT2D eigenvalue weighted by atomic mass is 79.9. The van der Waals surface area contributed by atoms with Crippen molar-refractivity contribution in [3.8, 4) is 0 Å². The summed E-state index contributed by atoms with van der Waals surface area (Å²) in [5.74, 6) is -0.404. The highest BCUT2D eigenvalue weighted by Crippen LogP contribution is 2.27. The average molecular weight is 338 g/mol. The van der Waals surface area contributed by atoms with Crippen molar-refractivity contribution in [2.45, 2.75) is 10.6 Å². The van der Waals surface area contributed by atoms with Crippen LogP contribution in [0.5, 0.6) is 0 Å². The Balaban J connectivity index is 2.18. The standard InChI is InChI=1S/C14H12BrNO2S/c15-10-4-6-11(7-5-10)19-8-9-2-1-3-12(16)13(9)14(17)18/h1-7H,8,16H2,(H,17,18). The van der Waals surface area contributed by atoms with E-state index in [1.165, 1.54) is 0 Å². The van der Waals surface area contributed by atoms with E-state index in [0.29, 0.717) is 11.4 Å². The Morgan fingerprint density at radius 1 is 1.21 bits per heavy atom. The molecule has 2 aromatic carbocycles. The maximum absolute atomic E-state index is 11.2. The summed E-state index contributed by atoms with van der Waals surface area (Å²) in [6.45, 7) is 0. The highest BCUT2D eigenvalue weighted by Gasteiger charge is 2.13. The summed E-state index contributed by atoms with van der Waals surface area (Å²) >= 11 is 4.96. The Labute approximate surface area is 124 Å². The molecule has 0 unspecified atom stereocenters. The number of aromatic carboxylic acids is 1. The SMILES string of the molecule is Nc1cccc(CSc2ccc(Br)cc2)c1C(=O)O. The lowest BCUT2D eigenvalue weighted by molar-refractivity contribution is 0.0697. The first-order chi connectivity index (χ1) is 9.08. The molecule has 19 heavy (non-hydrogen) atoms. The number of carbonyl (C=O) groups is 1. The fraction of sp³-hybridized carbons (Fsp3) is 0.0714. The number of carboxylic acid groups (broad SMARTS) is 1. The van der Waals surface area contributed by atoms with Gasteiger partial charge in [-0.3, -0.25) is 0 Å². The van der Waals surface area contributed by atoms with Crippen LogP contribution in [0, 0.1) is 0 Å². The summed E-state index contributed by atoms with van der Waals surface area (Å²) in [6, 6.07) is 13.1. The van der Waals surface area contributed by atoms with E-state index in [2.05, 4.69) is 15.9 Å². The van der Waals surface area contributed by atoms with Gasteiger partial charge in [-0.15, -0.1) is 11.8 Å². The van der Waals surface area contributed by atoms with E-state index < -0.39 is 5.97 Å². The number of rotatable bonds is 4. The van der Waals surface area contributed by atoms with Gasteiger partial charge in [-0.2, -0.15) is 0 Å². The molecule has 0 aromatic heterocycles. The predicted molar refractivity (Wildman–Crippen MR) is 81.5 cm³/mol. The smallest absolute Gasteiger partial charge is 0.338 e. The number of benzene rings is 2. The van der Waals surface area contributed by atoms with Gasteiger partial charge in [0.15, 0.2) is 0 Å². The molecule has 0 saturated carbocycles. The molecule has 98 valence electrons. The van der Waals surface area contributed by atoms with E-state index >= 15 is 0 Å². The lowest BCUT2D eigenvalue weighted by atomic mass is 10.1. The first kappa shape index (κ1) is 14.0. The molecule has 0 radical (unpaired) electrons. The summed E-state index contributed by atoms with van der Waals surface area (Å²) in [5.41, 5.74) is 6.96. The number of halogens is 1. The number of carboxylic acids is 1. The number of nitrogens with two attached hydrogens (primary N) is 1. The van der Waals surface area contributed by atoms with Crippen LogP contribution in [0.1, 0.15) is 15.9 Å².